The average Bonchev–Trinajstić information content (AvgIpc) is 2.35. The van der Waals surface area contributed by atoms with Gasteiger partial charge in [-0.2, -0.15) is 0 Å². The smallest absolute Gasteiger partial charge is 0.124 e. The highest BCUT2D eigenvalue weighted by Crippen LogP contribution is 2.27. The molecule has 1 atom stereocenters. The number of benzene rings is 1. The van der Waals surface area contributed by atoms with Gasteiger partial charge in [0.1, 0.15) is 5.75 Å². The first-order valence-electron chi connectivity index (χ1n) is 6.83. The summed E-state index contributed by atoms with van der Waals surface area (Å²) in [6, 6.07) is 5.59. The molecule has 0 saturated carbocycles. The van der Waals surface area contributed by atoms with E-state index in [1.54, 1.807) is 0 Å². The Bertz CT molecular complexity index is 352. The standard InChI is InChI=1S/C15H24ClNO/c1-3-4-5-6-7-10-18-15-9-8-13(16)11-14(15)12(2)17/h8-9,11-12H,3-7,10,17H2,1-2H3/t12-/m1/s1. The number of hydrogen-bond donors (Lipinski definition) is 1. The molecule has 3 heteroatoms. The van der Waals surface area contributed by atoms with Crippen molar-refractivity contribution in [1.29, 1.82) is 0 Å². The second-order valence-electron chi connectivity index (χ2n) is 4.73. The van der Waals surface area contributed by atoms with E-state index in [-0.39, 0.29) is 6.04 Å². The fourth-order valence-electron chi connectivity index (χ4n) is 1.89. The Kier molecular flexibility index (Phi) is 7.14. The van der Waals surface area contributed by atoms with E-state index in [4.69, 9.17) is 22.1 Å². The summed E-state index contributed by atoms with van der Waals surface area (Å²) in [6.45, 7) is 4.92. The zero-order valence-corrected chi connectivity index (χ0v) is 12.2. The molecule has 0 unspecified atom stereocenters. The van der Waals surface area contributed by atoms with Gasteiger partial charge in [-0.25, -0.2) is 0 Å². The van der Waals surface area contributed by atoms with Gasteiger partial charge in [-0.15, -0.1) is 0 Å². The van der Waals surface area contributed by atoms with Gasteiger partial charge in [-0.05, 0) is 31.5 Å². The normalized spacial score (nSPS) is 12.4. The second-order valence-corrected chi connectivity index (χ2v) is 5.17. The number of nitrogens with two attached hydrogens (primary N) is 1. The Morgan fingerprint density at radius 3 is 2.61 bits per heavy atom. The van der Waals surface area contributed by atoms with Crippen molar-refractivity contribution < 1.29 is 4.74 Å². The van der Waals surface area contributed by atoms with Crippen LogP contribution in [0.4, 0.5) is 0 Å². The van der Waals surface area contributed by atoms with Crippen LogP contribution in [0.1, 0.15) is 57.6 Å². The highest BCUT2D eigenvalue weighted by molar-refractivity contribution is 6.30. The van der Waals surface area contributed by atoms with E-state index in [1.165, 1.54) is 25.7 Å². The third-order valence-corrected chi connectivity index (χ3v) is 3.20. The van der Waals surface area contributed by atoms with Crippen LogP contribution < -0.4 is 10.5 Å². The summed E-state index contributed by atoms with van der Waals surface area (Å²) in [6.07, 6.45) is 6.20. The minimum Gasteiger partial charge on any atom is -0.493 e. The van der Waals surface area contributed by atoms with Crippen LogP contribution in [0.2, 0.25) is 5.02 Å². The maximum atomic E-state index is 5.97. The molecule has 102 valence electrons. The maximum absolute atomic E-state index is 5.97. The Morgan fingerprint density at radius 1 is 1.22 bits per heavy atom. The van der Waals surface area contributed by atoms with Gasteiger partial charge < -0.3 is 10.5 Å². The van der Waals surface area contributed by atoms with Crippen LogP contribution in [-0.2, 0) is 0 Å². The van der Waals surface area contributed by atoms with Gasteiger partial charge in [0, 0.05) is 16.6 Å². The van der Waals surface area contributed by atoms with E-state index in [0.29, 0.717) is 5.02 Å². The summed E-state index contributed by atoms with van der Waals surface area (Å²) in [7, 11) is 0. The molecular weight excluding hydrogens is 246 g/mol. The Hall–Kier alpha value is -0.730. The molecule has 2 nitrogen and oxygen atoms in total. The zero-order valence-electron chi connectivity index (χ0n) is 11.4. The summed E-state index contributed by atoms with van der Waals surface area (Å²) in [5, 5.41) is 0.706. The van der Waals surface area contributed by atoms with E-state index >= 15 is 0 Å². The van der Waals surface area contributed by atoms with Crippen LogP contribution in [-0.4, -0.2) is 6.61 Å². The highest BCUT2D eigenvalue weighted by Gasteiger charge is 2.08. The lowest BCUT2D eigenvalue weighted by Gasteiger charge is -2.14. The van der Waals surface area contributed by atoms with Crippen molar-refractivity contribution in [2.24, 2.45) is 5.73 Å². The first-order valence-corrected chi connectivity index (χ1v) is 7.20. The van der Waals surface area contributed by atoms with Gasteiger partial charge in [-0.1, -0.05) is 44.2 Å². The van der Waals surface area contributed by atoms with Crippen molar-refractivity contribution in [3.05, 3.63) is 28.8 Å². The van der Waals surface area contributed by atoms with Crippen LogP contribution in [0.25, 0.3) is 0 Å². The maximum Gasteiger partial charge on any atom is 0.124 e. The molecule has 1 aromatic rings. The van der Waals surface area contributed by atoms with Crippen LogP contribution in [0.3, 0.4) is 0 Å². The molecule has 0 amide bonds. The molecule has 1 aromatic carbocycles. The fraction of sp³-hybridized carbons (Fsp3) is 0.600. The van der Waals surface area contributed by atoms with E-state index < -0.39 is 0 Å². The summed E-state index contributed by atoms with van der Waals surface area (Å²) < 4.78 is 5.80. The molecule has 0 aliphatic heterocycles. The van der Waals surface area contributed by atoms with Gasteiger partial charge in [0.05, 0.1) is 6.61 Å². The average molecular weight is 270 g/mol. The number of unbranched alkanes of at least 4 members (excludes halogenated alkanes) is 4. The zero-order chi connectivity index (χ0) is 13.4. The second kappa shape index (κ2) is 8.39. The molecule has 0 aromatic heterocycles. The molecule has 0 aliphatic rings. The third-order valence-electron chi connectivity index (χ3n) is 2.97. The SMILES string of the molecule is CCCCCCCOc1ccc(Cl)cc1[C@@H](C)N. The van der Waals surface area contributed by atoms with Gasteiger partial charge in [0.2, 0.25) is 0 Å². The molecular formula is C15H24ClNO. The van der Waals surface area contributed by atoms with E-state index in [0.717, 1.165) is 24.3 Å². The molecule has 2 N–H and O–H groups in total. The lowest BCUT2D eigenvalue weighted by Crippen LogP contribution is -2.08. The summed E-state index contributed by atoms with van der Waals surface area (Å²) in [5.41, 5.74) is 6.90. The Labute approximate surface area is 115 Å². The van der Waals surface area contributed by atoms with E-state index in [2.05, 4.69) is 6.92 Å². The number of hydrogen-bond acceptors (Lipinski definition) is 2. The van der Waals surface area contributed by atoms with Crippen molar-refractivity contribution in [3.63, 3.8) is 0 Å². The van der Waals surface area contributed by atoms with Crippen LogP contribution in [0.15, 0.2) is 18.2 Å². The van der Waals surface area contributed by atoms with Crippen LogP contribution >= 0.6 is 11.6 Å². The minimum atomic E-state index is -0.0567. The quantitative estimate of drug-likeness (QED) is 0.694. The predicted molar refractivity (Wildman–Crippen MR) is 78.3 cm³/mol. The lowest BCUT2D eigenvalue weighted by molar-refractivity contribution is 0.300. The molecule has 0 aliphatic carbocycles. The molecule has 0 spiro atoms. The highest BCUT2D eigenvalue weighted by atomic mass is 35.5. The first kappa shape index (κ1) is 15.3. The monoisotopic (exact) mass is 269 g/mol. The fourth-order valence-corrected chi connectivity index (χ4v) is 2.07. The van der Waals surface area contributed by atoms with Gasteiger partial charge in [0.25, 0.3) is 0 Å². The van der Waals surface area contributed by atoms with Gasteiger partial charge in [0.15, 0.2) is 0 Å². The lowest BCUT2D eigenvalue weighted by atomic mass is 10.1. The molecule has 0 fully saturated rings. The molecule has 0 radical (unpaired) electrons. The summed E-state index contributed by atoms with van der Waals surface area (Å²) >= 11 is 5.97. The Balaban J connectivity index is 2.42. The molecule has 0 bridgehead atoms. The molecule has 18 heavy (non-hydrogen) atoms. The minimum absolute atomic E-state index is 0.0567. The van der Waals surface area contributed by atoms with Crippen LogP contribution in [0.5, 0.6) is 5.75 Å². The Morgan fingerprint density at radius 2 is 1.94 bits per heavy atom. The van der Waals surface area contributed by atoms with E-state index in [1.807, 2.05) is 25.1 Å². The molecule has 1 rings (SSSR count). The van der Waals surface area contributed by atoms with Gasteiger partial charge in [-0.3, -0.25) is 0 Å². The first-order chi connectivity index (χ1) is 8.65. The summed E-state index contributed by atoms with van der Waals surface area (Å²) in [4.78, 5) is 0. The van der Waals surface area contributed by atoms with Crippen molar-refractivity contribution in [2.45, 2.75) is 52.0 Å². The predicted octanol–water partition coefficient (Wildman–Crippen LogP) is 4.71. The largest absolute Gasteiger partial charge is 0.493 e. The summed E-state index contributed by atoms with van der Waals surface area (Å²) in [5.74, 6) is 0.866. The molecule has 0 heterocycles. The number of halogens is 1. The molecule has 0 saturated heterocycles. The van der Waals surface area contributed by atoms with Crippen molar-refractivity contribution in [1.82, 2.24) is 0 Å². The van der Waals surface area contributed by atoms with E-state index in [9.17, 15) is 0 Å². The van der Waals surface area contributed by atoms with Crippen molar-refractivity contribution >= 4 is 11.6 Å². The van der Waals surface area contributed by atoms with Crippen LogP contribution in [0, 0.1) is 0 Å². The topological polar surface area (TPSA) is 35.2 Å². The van der Waals surface area contributed by atoms with Gasteiger partial charge >= 0.3 is 0 Å². The third kappa shape index (κ3) is 5.28. The van der Waals surface area contributed by atoms with Crippen molar-refractivity contribution in [2.75, 3.05) is 6.61 Å². The van der Waals surface area contributed by atoms with Crippen molar-refractivity contribution in [3.8, 4) is 5.75 Å². The number of rotatable bonds is 8. The number of ether oxygens (including phenoxy) is 1.